The third kappa shape index (κ3) is 2.69. The average molecular weight is 489 g/mol. The Kier molecular flexibility index (Phi) is 5.14. The number of rotatable bonds is 5. The lowest BCUT2D eigenvalue weighted by Gasteiger charge is -2.50. The third-order valence-electron chi connectivity index (χ3n) is 8.80. The van der Waals surface area contributed by atoms with Gasteiger partial charge in [0.1, 0.15) is 11.7 Å². The fourth-order valence-electron chi connectivity index (χ4n) is 7.40. The molecule has 2 unspecified atom stereocenters. The summed E-state index contributed by atoms with van der Waals surface area (Å²) in [4.78, 5) is 13.6. The molecule has 0 aromatic heterocycles. The molecule has 2 atom stereocenters. The maximum atomic E-state index is 13.6. The van der Waals surface area contributed by atoms with E-state index < -0.39 is 11.4 Å². The van der Waals surface area contributed by atoms with Gasteiger partial charge < -0.3 is 4.74 Å². The third-order valence-corrected chi connectivity index (χ3v) is 8.80. The molecular weight excluding hydrogens is 456 g/mol. The van der Waals surface area contributed by atoms with Crippen LogP contribution in [0.25, 0.3) is 17.7 Å². The van der Waals surface area contributed by atoms with Crippen LogP contribution in [0, 0.1) is 6.92 Å². The normalized spacial score (nSPS) is 24.5. The molecule has 0 saturated heterocycles. The van der Waals surface area contributed by atoms with Crippen molar-refractivity contribution in [1.29, 1.82) is 0 Å². The maximum Gasteiger partial charge on any atom is 0.437 e. The summed E-state index contributed by atoms with van der Waals surface area (Å²) in [6.07, 6.45) is 9.20. The van der Waals surface area contributed by atoms with Crippen LogP contribution in [0.2, 0.25) is 0 Å². The second kappa shape index (κ2) is 8.08. The number of ketones is 1. The topological polar surface area (TPSA) is 37.6 Å². The Hall–Kier alpha value is -3.85. The van der Waals surface area contributed by atoms with Crippen molar-refractivity contribution in [3.05, 3.63) is 111 Å². The van der Waals surface area contributed by atoms with Crippen LogP contribution in [-0.2, 0) is 14.6 Å². The van der Waals surface area contributed by atoms with Gasteiger partial charge in [0.2, 0.25) is 0 Å². The molecule has 186 valence electrons. The Morgan fingerprint density at radius 1 is 1.08 bits per heavy atom. The van der Waals surface area contributed by atoms with E-state index in [0.29, 0.717) is 18.1 Å². The number of para-hydroxylation sites is 1. The van der Waals surface area contributed by atoms with Gasteiger partial charge in [0.15, 0.2) is 0 Å². The van der Waals surface area contributed by atoms with E-state index >= 15 is 0 Å². The first kappa shape index (κ1) is 23.5. The molecule has 3 nitrogen and oxygen atoms in total. The van der Waals surface area contributed by atoms with Crippen LogP contribution < -0.4 is 4.74 Å². The van der Waals surface area contributed by atoms with E-state index in [2.05, 4.69) is 66.0 Å². The second-order valence-electron chi connectivity index (χ2n) is 10.4. The second-order valence-corrected chi connectivity index (χ2v) is 10.4. The Bertz CT molecular complexity index is 1590. The molecule has 2 aromatic carbocycles. The number of allylic oxidation sites excluding steroid dienone is 8. The summed E-state index contributed by atoms with van der Waals surface area (Å²) in [5, 5.41) is 0. The Balaban J connectivity index is 1.86. The van der Waals surface area contributed by atoms with Crippen LogP contribution in [0.4, 0.5) is 0 Å². The van der Waals surface area contributed by atoms with Crippen LogP contribution >= 0.6 is 0 Å². The van der Waals surface area contributed by atoms with E-state index in [1.807, 2.05) is 30.4 Å². The number of fused-ring (bicyclic) bond motifs is 1. The number of ether oxygens (including phenoxy) is 1. The largest absolute Gasteiger partial charge is 0.437 e. The van der Waals surface area contributed by atoms with Gasteiger partial charge in [0.05, 0.1) is 0 Å². The van der Waals surface area contributed by atoms with E-state index in [4.69, 9.17) is 9.16 Å². The van der Waals surface area contributed by atoms with Gasteiger partial charge in [0, 0.05) is 17.4 Å². The van der Waals surface area contributed by atoms with Gasteiger partial charge in [-0.1, -0.05) is 70.2 Å². The lowest BCUT2D eigenvalue weighted by Crippen LogP contribution is -2.49. The average Bonchev–Trinajstić information content (AvgIpc) is 3.33. The Labute approximate surface area is 218 Å². The number of hydrogen-bond acceptors (Lipinski definition) is 2. The van der Waals surface area contributed by atoms with Crippen molar-refractivity contribution in [2.75, 3.05) is 6.61 Å². The van der Waals surface area contributed by atoms with Gasteiger partial charge in [0.25, 0.3) is 6.61 Å². The highest BCUT2D eigenvalue weighted by Crippen LogP contribution is 2.67. The lowest BCUT2D eigenvalue weighted by molar-refractivity contribution is -0.458. The molecule has 0 radical (unpaired) electrons. The van der Waals surface area contributed by atoms with E-state index in [0.717, 1.165) is 23.1 Å². The van der Waals surface area contributed by atoms with Gasteiger partial charge >= 0.3 is 11.8 Å². The van der Waals surface area contributed by atoms with Crippen LogP contribution in [0.3, 0.4) is 0 Å². The standard InChI is InChI=1S/C34H32O3/c1-8-17-36-32-31(25-13-11-12-14-27(25)37-33(32)35)34-26-16-15-24-22(9-2)20(6)28(30(24)34)18(4)19(5)29(34)21(7)23(26)10-3/h9-16,31H,2-3,8,17H2,1,4-7H3. The van der Waals surface area contributed by atoms with Crippen molar-refractivity contribution < 1.29 is 14.0 Å². The van der Waals surface area contributed by atoms with Crippen molar-refractivity contribution in [2.45, 2.75) is 52.4 Å². The monoisotopic (exact) mass is 488 g/mol. The van der Waals surface area contributed by atoms with Crippen molar-refractivity contribution >= 4 is 29.5 Å². The van der Waals surface area contributed by atoms with Gasteiger partial charge in [-0.2, -0.15) is 0 Å². The zero-order valence-electron chi connectivity index (χ0n) is 22.2. The molecule has 4 aliphatic rings. The molecule has 1 aliphatic heterocycles. The minimum Gasteiger partial charge on any atom is -0.416 e. The van der Waals surface area contributed by atoms with E-state index in [1.165, 1.54) is 50.1 Å². The molecule has 3 aliphatic carbocycles. The van der Waals surface area contributed by atoms with Crippen LogP contribution in [0.1, 0.15) is 73.4 Å². The van der Waals surface area contributed by atoms with Crippen LogP contribution in [-0.4, -0.2) is 18.4 Å². The van der Waals surface area contributed by atoms with Crippen molar-refractivity contribution in [3.8, 4) is 5.75 Å². The molecule has 0 bridgehead atoms. The zero-order chi connectivity index (χ0) is 26.2. The molecule has 0 amide bonds. The Morgan fingerprint density at radius 3 is 2.54 bits per heavy atom. The van der Waals surface area contributed by atoms with Crippen molar-refractivity contribution in [3.63, 3.8) is 0 Å². The summed E-state index contributed by atoms with van der Waals surface area (Å²) in [6.45, 7) is 19.7. The molecule has 0 saturated carbocycles. The van der Waals surface area contributed by atoms with Crippen LogP contribution in [0.15, 0.2) is 77.4 Å². The summed E-state index contributed by atoms with van der Waals surface area (Å²) in [5.74, 6) is 0.202. The number of carbonyl (C=O) groups excluding carboxylic acids is 2. The van der Waals surface area contributed by atoms with E-state index in [9.17, 15) is 4.79 Å². The minimum absolute atomic E-state index is 0.376. The summed E-state index contributed by atoms with van der Waals surface area (Å²) in [7, 11) is 0. The lowest BCUT2D eigenvalue weighted by atomic mass is 9.53. The molecular formula is C34H32O3. The number of esters is 1. The van der Waals surface area contributed by atoms with Gasteiger partial charge in [-0.3, -0.25) is 4.42 Å². The summed E-state index contributed by atoms with van der Waals surface area (Å²) in [5.41, 5.74) is 13.7. The fourth-order valence-corrected chi connectivity index (χ4v) is 7.40. The first-order chi connectivity index (χ1) is 17.8. The molecule has 1 heterocycles. The highest BCUT2D eigenvalue weighted by molar-refractivity contribution is 6.38. The maximum absolute atomic E-state index is 13.6. The molecule has 0 spiro atoms. The van der Waals surface area contributed by atoms with Crippen LogP contribution in [0.5, 0.6) is 5.75 Å². The quantitative estimate of drug-likeness (QED) is 0.144. The van der Waals surface area contributed by atoms with Crippen molar-refractivity contribution in [1.82, 2.24) is 0 Å². The number of hydrogen-bond donors (Lipinski definition) is 0. The first-order valence-corrected chi connectivity index (χ1v) is 13.1. The fraction of sp³-hybridized carbons (Fsp3) is 0.265. The predicted octanol–water partition coefficient (Wildman–Crippen LogP) is 7.46. The Morgan fingerprint density at radius 2 is 1.84 bits per heavy atom. The summed E-state index contributed by atoms with van der Waals surface area (Å²) < 4.78 is 12.2. The molecule has 3 heteroatoms. The number of carbonyl (C=O) groups is 1. The summed E-state index contributed by atoms with van der Waals surface area (Å²) >= 11 is 0. The van der Waals surface area contributed by atoms with E-state index in [-0.39, 0.29) is 5.92 Å². The van der Waals surface area contributed by atoms with Crippen molar-refractivity contribution in [2.24, 2.45) is 0 Å². The first-order valence-electron chi connectivity index (χ1n) is 13.1. The highest BCUT2D eigenvalue weighted by atomic mass is 16.5. The summed E-state index contributed by atoms with van der Waals surface area (Å²) in [6, 6.07) is 7.92. The van der Waals surface area contributed by atoms with Gasteiger partial charge in [-0.25, -0.2) is 4.79 Å². The predicted molar refractivity (Wildman–Crippen MR) is 151 cm³/mol. The molecule has 0 fully saturated rings. The van der Waals surface area contributed by atoms with E-state index in [1.54, 1.807) is 0 Å². The zero-order valence-corrected chi connectivity index (χ0v) is 22.2. The number of benzene rings is 1. The SMILES string of the molecule is C=CC1=C2C=Cc3c(C=C)c(C)[c-]4c3C2(C2C(=[O+]CCC)C(=O)Oc3ccccc32)C(=C1C)C(C)=C4C. The smallest absolute Gasteiger partial charge is 0.416 e. The highest BCUT2D eigenvalue weighted by Gasteiger charge is 2.62. The van der Waals surface area contributed by atoms with Gasteiger partial charge in [-0.15, -0.1) is 57.7 Å². The van der Waals surface area contributed by atoms with Gasteiger partial charge in [-0.05, 0) is 29.7 Å². The molecule has 6 rings (SSSR count). The molecule has 37 heavy (non-hydrogen) atoms. The minimum atomic E-state index is -0.638. The molecule has 0 N–H and O–H groups in total. The molecule has 2 aromatic rings.